The Hall–Kier alpha value is -1.42. The Balaban J connectivity index is 1.94. The van der Waals surface area contributed by atoms with Crippen LogP contribution in [0.4, 0.5) is 4.39 Å². The highest BCUT2D eigenvalue weighted by Gasteiger charge is 2.02. The van der Waals surface area contributed by atoms with Crippen LogP contribution in [-0.2, 0) is 19.7 Å². The standard InChI is InChI=1S/C15H15ClFNO/c16-14-7-11(5-6-15(14)17)8-18-9-12-3-1-2-4-13(12)10-19/h1-7,18-19H,8-10H2. The number of nitrogens with one attached hydrogen (secondary N) is 1. The molecule has 0 heterocycles. The molecule has 0 unspecified atom stereocenters. The number of aliphatic hydroxyl groups is 1. The Morgan fingerprint density at radius 1 is 1.05 bits per heavy atom. The minimum absolute atomic E-state index is 0.0280. The maximum Gasteiger partial charge on any atom is 0.141 e. The van der Waals surface area contributed by atoms with Crippen molar-refractivity contribution in [1.29, 1.82) is 0 Å². The minimum atomic E-state index is -0.406. The second kappa shape index (κ2) is 6.66. The van der Waals surface area contributed by atoms with Crippen LogP contribution in [0.1, 0.15) is 16.7 Å². The maximum atomic E-state index is 13.0. The summed E-state index contributed by atoms with van der Waals surface area (Å²) in [6, 6.07) is 12.4. The SMILES string of the molecule is OCc1ccccc1CNCc1ccc(F)c(Cl)c1. The summed E-state index contributed by atoms with van der Waals surface area (Å²) in [5.74, 6) is -0.406. The van der Waals surface area contributed by atoms with Gasteiger partial charge in [0, 0.05) is 13.1 Å². The highest BCUT2D eigenvalue weighted by molar-refractivity contribution is 6.30. The Bertz CT molecular complexity index is 560. The zero-order chi connectivity index (χ0) is 13.7. The van der Waals surface area contributed by atoms with Gasteiger partial charge >= 0.3 is 0 Å². The van der Waals surface area contributed by atoms with Crippen LogP contribution in [0.3, 0.4) is 0 Å². The van der Waals surface area contributed by atoms with Crippen molar-refractivity contribution >= 4 is 11.6 Å². The lowest BCUT2D eigenvalue weighted by Crippen LogP contribution is -2.14. The normalized spacial score (nSPS) is 10.7. The summed E-state index contributed by atoms with van der Waals surface area (Å²) >= 11 is 5.72. The van der Waals surface area contributed by atoms with Gasteiger partial charge in [-0.1, -0.05) is 41.9 Å². The molecule has 4 heteroatoms. The van der Waals surface area contributed by atoms with Crippen LogP contribution in [0.25, 0.3) is 0 Å². The first-order chi connectivity index (χ1) is 9.20. The van der Waals surface area contributed by atoms with Crippen LogP contribution in [0.2, 0.25) is 5.02 Å². The number of aliphatic hydroxyl groups excluding tert-OH is 1. The summed E-state index contributed by atoms with van der Waals surface area (Å²) in [4.78, 5) is 0. The average molecular weight is 280 g/mol. The average Bonchev–Trinajstić information content (AvgIpc) is 2.43. The van der Waals surface area contributed by atoms with Gasteiger partial charge in [0.25, 0.3) is 0 Å². The fourth-order valence-corrected chi connectivity index (χ4v) is 2.08. The third-order valence-corrected chi connectivity index (χ3v) is 3.21. The zero-order valence-corrected chi connectivity index (χ0v) is 11.1. The maximum absolute atomic E-state index is 13.0. The summed E-state index contributed by atoms with van der Waals surface area (Å²) in [6.45, 7) is 1.27. The summed E-state index contributed by atoms with van der Waals surface area (Å²) < 4.78 is 13.0. The van der Waals surface area contributed by atoms with Crippen LogP contribution in [0, 0.1) is 5.82 Å². The van der Waals surface area contributed by atoms with E-state index < -0.39 is 5.82 Å². The number of rotatable bonds is 5. The molecule has 0 fully saturated rings. The van der Waals surface area contributed by atoms with Crippen molar-refractivity contribution in [2.24, 2.45) is 0 Å². The molecule has 0 aliphatic rings. The van der Waals surface area contributed by atoms with Crippen molar-refractivity contribution in [3.63, 3.8) is 0 Å². The molecular formula is C15H15ClFNO. The molecule has 0 amide bonds. The van der Waals surface area contributed by atoms with Crippen molar-refractivity contribution in [1.82, 2.24) is 5.32 Å². The quantitative estimate of drug-likeness (QED) is 0.880. The van der Waals surface area contributed by atoms with Gasteiger partial charge in [-0.25, -0.2) is 4.39 Å². The summed E-state index contributed by atoms with van der Waals surface area (Å²) in [5.41, 5.74) is 2.89. The van der Waals surface area contributed by atoms with E-state index in [2.05, 4.69) is 5.32 Å². The number of hydrogen-bond donors (Lipinski definition) is 2. The molecule has 0 radical (unpaired) electrons. The Morgan fingerprint density at radius 3 is 2.47 bits per heavy atom. The molecule has 2 aromatic rings. The van der Waals surface area contributed by atoms with Gasteiger partial charge in [-0.2, -0.15) is 0 Å². The lowest BCUT2D eigenvalue weighted by molar-refractivity contribution is 0.280. The van der Waals surface area contributed by atoms with Gasteiger partial charge in [0.1, 0.15) is 5.82 Å². The fourth-order valence-electron chi connectivity index (χ4n) is 1.88. The van der Waals surface area contributed by atoms with Gasteiger partial charge in [-0.3, -0.25) is 0 Å². The van der Waals surface area contributed by atoms with Crippen LogP contribution < -0.4 is 5.32 Å². The fraction of sp³-hybridized carbons (Fsp3) is 0.200. The highest BCUT2D eigenvalue weighted by atomic mass is 35.5. The van der Waals surface area contributed by atoms with E-state index >= 15 is 0 Å². The second-order valence-electron chi connectivity index (χ2n) is 4.28. The number of hydrogen-bond acceptors (Lipinski definition) is 2. The van der Waals surface area contributed by atoms with Gasteiger partial charge in [0.05, 0.1) is 11.6 Å². The molecule has 2 nitrogen and oxygen atoms in total. The van der Waals surface area contributed by atoms with Crippen LogP contribution in [0.5, 0.6) is 0 Å². The largest absolute Gasteiger partial charge is 0.392 e. The predicted octanol–water partition coefficient (Wildman–Crippen LogP) is 3.26. The van der Waals surface area contributed by atoms with Crippen LogP contribution in [0.15, 0.2) is 42.5 Å². The van der Waals surface area contributed by atoms with Gasteiger partial charge in [-0.05, 0) is 28.8 Å². The minimum Gasteiger partial charge on any atom is -0.392 e. The van der Waals surface area contributed by atoms with Crippen LogP contribution in [-0.4, -0.2) is 5.11 Å². The van der Waals surface area contributed by atoms with Gasteiger partial charge < -0.3 is 10.4 Å². The molecule has 0 spiro atoms. The third-order valence-electron chi connectivity index (χ3n) is 2.92. The molecule has 0 atom stereocenters. The highest BCUT2D eigenvalue weighted by Crippen LogP contribution is 2.16. The molecule has 0 bridgehead atoms. The molecule has 19 heavy (non-hydrogen) atoms. The van der Waals surface area contributed by atoms with Crippen molar-refractivity contribution < 1.29 is 9.50 Å². The molecule has 100 valence electrons. The number of benzene rings is 2. The topological polar surface area (TPSA) is 32.3 Å². The van der Waals surface area contributed by atoms with Crippen molar-refractivity contribution in [2.45, 2.75) is 19.7 Å². The molecule has 0 aliphatic carbocycles. The van der Waals surface area contributed by atoms with E-state index in [1.54, 1.807) is 12.1 Å². The van der Waals surface area contributed by atoms with E-state index in [0.717, 1.165) is 16.7 Å². The predicted molar refractivity (Wildman–Crippen MR) is 74.3 cm³/mol. The van der Waals surface area contributed by atoms with Gasteiger partial charge in [0.15, 0.2) is 0 Å². The van der Waals surface area contributed by atoms with Gasteiger partial charge in [-0.15, -0.1) is 0 Å². The van der Waals surface area contributed by atoms with Crippen molar-refractivity contribution in [3.05, 3.63) is 70.0 Å². The molecule has 2 aromatic carbocycles. The number of halogens is 2. The molecule has 0 aromatic heterocycles. The van der Waals surface area contributed by atoms with E-state index in [-0.39, 0.29) is 11.6 Å². The molecule has 0 saturated carbocycles. The van der Waals surface area contributed by atoms with E-state index in [9.17, 15) is 9.50 Å². The van der Waals surface area contributed by atoms with E-state index in [1.165, 1.54) is 6.07 Å². The lowest BCUT2D eigenvalue weighted by atomic mass is 10.1. The second-order valence-corrected chi connectivity index (χ2v) is 4.69. The first kappa shape index (κ1) is 14.0. The van der Waals surface area contributed by atoms with E-state index in [1.807, 2.05) is 24.3 Å². The third kappa shape index (κ3) is 3.77. The molecule has 2 rings (SSSR count). The summed E-state index contributed by atoms with van der Waals surface area (Å²) in [7, 11) is 0. The molecular weight excluding hydrogens is 265 g/mol. The Morgan fingerprint density at radius 2 is 1.79 bits per heavy atom. The Labute approximate surface area is 116 Å². The smallest absolute Gasteiger partial charge is 0.141 e. The molecule has 0 saturated heterocycles. The van der Waals surface area contributed by atoms with Crippen molar-refractivity contribution in [2.75, 3.05) is 0 Å². The first-order valence-electron chi connectivity index (χ1n) is 6.03. The monoisotopic (exact) mass is 279 g/mol. The Kier molecular flexibility index (Phi) is 4.91. The summed E-state index contributed by atoms with van der Waals surface area (Å²) in [5, 5.41) is 12.6. The van der Waals surface area contributed by atoms with E-state index in [0.29, 0.717) is 13.1 Å². The first-order valence-corrected chi connectivity index (χ1v) is 6.41. The molecule has 2 N–H and O–H groups in total. The zero-order valence-electron chi connectivity index (χ0n) is 10.4. The van der Waals surface area contributed by atoms with E-state index in [4.69, 9.17) is 11.6 Å². The van der Waals surface area contributed by atoms with Crippen LogP contribution >= 0.6 is 11.6 Å². The molecule has 0 aliphatic heterocycles. The van der Waals surface area contributed by atoms with Crippen molar-refractivity contribution in [3.8, 4) is 0 Å². The lowest BCUT2D eigenvalue weighted by Gasteiger charge is -2.09. The summed E-state index contributed by atoms with van der Waals surface area (Å²) in [6.07, 6.45) is 0. The van der Waals surface area contributed by atoms with Gasteiger partial charge in [0.2, 0.25) is 0 Å².